The number of hydrazine groups is 1. The summed E-state index contributed by atoms with van der Waals surface area (Å²) >= 11 is 0. The Bertz CT molecular complexity index is 722. The first-order valence-electron chi connectivity index (χ1n) is 8.91. The number of hydrogen-bond donors (Lipinski definition) is 3. The summed E-state index contributed by atoms with van der Waals surface area (Å²) in [6, 6.07) is 8.16. The van der Waals surface area contributed by atoms with Gasteiger partial charge in [0.2, 0.25) is 21.8 Å². The fraction of sp³-hybridized carbons (Fsp3) is 0.556. The van der Waals surface area contributed by atoms with E-state index in [1.807, 2.05) is 20.8 Å². The van der Waals surface area contributed by atoms with E-state index in [-0.39, 0.29) is 11.6 Å². The summed E-state index contributed by atoms with van der Waals surface area (Å²) < 4.78 is 25.2. The smallest absolute Gasteiger partial charge is 0.249 e. The highest BCUT2D eigenvalue weighted by molar-refractivity contribution is 7.92. The molecule has 0 spiro atoms. The van der Waals surface area contributed by atoms with Gasteiger partial charge in [0.05, 0.1) is 23.8 Å². The molecule has 2 amide bonds. The number of amides is 2. The molecule has 0 saturated carbocycles. The molecule has 0 aliphatic heterocycles. The lowest BCUT2D eigenvalue weighted by atomic mass is 9.81. The number of rotatable bonds is 10. The van der Waals surface area contributed by atoms with E-state index in [0.29, 0.717) is 19.3 Å². The zero-order valence-electron chi connectivity index (χ0n) is 16.2. The highest BCUT2D eigenvalue weighted by Gasteiger charge is 2.35. The van der Waals surface area contributed by atoms with Crippen LogP contribution in [0, 0.1) is 17.8 Å². The van der Waals surface area contributed by atoms with E-state index in [0.717, 1.165) is 10.7 Å². The molecule has 1 aromatic carbocycles. The number of sulfonamides is 1. The highest BCUT2D eigenvalue weighted by Crippen LogP contribution is 2.26. The van der Waals surface area contributed by atoms with Gasteiger partial charge in [-0.3, -0.25) is 20.2 Å². The first-order chi connectivity index (χ1) is 12.6. The minimum Gasteiger partial charge on any atom is -0.289 e. The molecule has 152 valence electrons. The molecule has 0 unspecified atom stereocenters. The first kappa shape index (κ1) is 22.9. The van der Waals surface area contributed by atoms with Gasteiger partial charge in [0.1, 0.15) is 0 Å². The SMILES string of the molecule is CCC[C@H](C(=O)NO)[C@@H](CC(C)C)C(=O)NN(c1ccccc1)S(C)(=O)=O. The second kappa shape index (κ2) is 10.3. The Hall–Kier alpha value is -2.13. The van der Waals surface area contributed by atoms with Gasteiger partial charge in [-0.25, -0.2) is 13.9 Å². The van der Waals surface area contributed by atoms with Gasteiger partial charge in [-0.1, -0.05) is 45.4 Å². The molecule has 0 fully saturated rings. The van der Waals surface area contributed by atoms with Crippen LogP contribution in [0.2, 0.25) is 0 Å². The number of nitrogens with zero attached hydrogens (tertiary/aromatic N) is 1. The predicted molar refractivity (Wildman–Crippen MR) is 103 cm³/mol. The summed E-state index contributed by atoms with van der Waals surface area (Å²) in [5, 5.41) is 9.05. The lowest BCUT2D eigenvalue weighted by molar-refractivity contribution is -0.141. The summed E-state index contributed by atoms with van der Waals surface area (Å²) in [5.74, 6) is -2.69. The Labute approximate surface area is 160 Å². The third kappa shape index (κ3) is 6.84. The molecule has 1 aromatic rings. The van der Waals surface area contributed by atoms with Crippen LogP contribution in [-0.4, -0.2) is 31.7 Å². The number of para-hydroxylation sites is 1. The van der Waals surface area contributed by atoms with Crippen molar-refractivity contribution in [1.82, 2.24) is 10.9 Å². The van der Waals surface area contributed by atoms with Gasteiger partial charge < -0.3 is 0 Å². The molecular formula is C18H29N3O5S. The van der Waals surface area contributed by atoms with Crippen molar-refractivity contribution in [1.29, 1.82) is 0 Å². The molecule has 0 aliphatic carbocycles. The third-order valence-corrected chi connectivity index (χ3v) is 5.09. The van der Waals surface area contributed by atoms with Gasteiger partial charge in [-0.2, -0.15) is 4.41 Å². The summed E-state index contributed by atoms with van der Waals surface area (Å²) in [7, 11) is -3.79. The molecule has 9 heteroatoms. The number of nitrogens with one attached hydrogen (secondary N) is 2. The number of hydrogen-bond acceptors (Lipinski definition) is 5. The van der Waals surface area contributed by atoms with Crippen molar-refractivity contribution in [3.8, 4) is 0 Å². The van der Waals surface area contributed by atoms with Crippen LogP contribution in [-0.2, 0) is 19.6 Å². The molecule has 3 N–H and O–H groups in total. The molecule has 0 saturated heterocycles. The Morgan fingerprint density at radius 2 is 1.70 bits per heavy atom. The predicted octanol–water partition coefficient (Wildman–Crippen LogP) is 2.07. The van der Waals surface area contributed by atoms with Crippen LogP contribution in [0.1, 0.15) is 40.0 Å². The number of carbonyl (C=O) groups is 2. The lowest BCUT2D eigenvalue weighted by Gasteiger charge is -2.29. The van der Waals surface area contributed by atoms with Crippen LogP contribution in [0.15, 0.2) is 30.3 Å². The maximum absolute atomic E-state index is 13.0. The van der Waals surface area contributed by atoms with Crippen molar-refractivity contribution in [2.24, 2.45) is 17.8 Å². The number of anilines is 1. The van der Waals surface area contributed by atoms with Crippen molar-refractivity contribution < 1.29 is 23.2 Å². The van der Waals surface area contributed by atoms with Crippen LogP contribution in [0.25, 0.3) is 0 Å². The van der Waals surface area contributed by atoms with E-state index in [1.54, 1.807) is 35.8 Å². The van der Waals surface area contributed by atoms with E-state index in [4.69, 9.17) is 5.21 Å². The average Bonchev–Trinajstić information content (AvgIpc) is 2.61. The quantitative estimate of drug-likeness (QED) is 0.411. The van der Waals surface area contributed by atoms with Crippen molar-refractivity contribution in [2.45, 2.75) is 40.0 Å². The lowest BCUT2D eigenvalue weighted by Crippen LogP contribution is -2.51. The Morgan fingerprint density at radius 3 is 2.15 bits per heavy atom. The Morgan fingerprint density at radius 1 is 1.11 bits per heavy atom. The maximum Gasteiger partial charge on any atom is 0.249 e. The van der Waals surface area contributed by atoms with Gasteiger partial charge in [0.25, 0.3) is 0 Å². The largest absolute Gasteiger partial charge is 0.289 e. The van der Waals surface area contributed by atoms with Gasteiger partial charge in [-0.05, 0) is 30.9 Å². The molecule has 0 aromatic heterocycles. The highest BCUT2D eigenvalue weighted by atomic mass is 32.2. The minimum atomic E-state index is -3.79. The van der Waals surface area contributed by atoms with Crippen molar-refractivity contribution >= 4 is 27.5 Å². The van der Waals surface area contributed by atoms with Crippen LogP contribution < -0.4 is 15.3 Å². The number of hydroxylamine groups is 1. The molecule has 0 aliphatic rings. The Balaban J connectivity index is 3.21. The van der Waals surface area contributed by atoms with Crippen molar-refractivity contribution in [2.75, 3.05) is 10.7 Å². The molecule has 0 heterocycles. The van der Waals surface area contributed by atoms with E-state index >= 15 is 0 Å². The fourth-order valence-electron chi connectivity index (χ4n) is 2.96. The van der Waals surface area contributed by atoms with Gasteiger partial charge in [0.15, 0.2) is 0 Å². The zero-order valence-corrected chi connectivity index (χ0v) is 17.0. The van der Waals surface area contributed by atoms with Gasteiger partial charge in [0, 0.05) is 0 Å². The Kier molecular flexibility index (Phi) is 8.71. The normalized spacial score (nSPS) is 13.7. The average molecular weight is 400 g/mol. The van der Waals surface area contributed by atoms with Crippen LogP contribution in [0.4, 0.5) is 5.69 Å². The van der Waals surface area contributed by atoms with Crippen LogP contribution >= 0.6 is 0 Å². The minimum absolute atomic E-state index is 0.0926. The van der Waals surface area contributed by atoms with E-state index in [2.05, 4.69) is 5.43 Å². The maximum atomic E-state index is 13.0. The number of benzene rings is 1. The topological polar surface area (TPSA) is 116 Å². The molecular weight excluding hydrogens is 370 g/mol. The van der Waals surface area contributed by atoms with Gasteiger partial charge >= 0.3 is 0 Å². The van der Waals surface area contributed by atoms with Crippen molar-refractivity contribution in [3.05, 3.63) is 30.3 Å². The molecule has 27 heavy (non-hydrogen) atoms. The van der Waals surface area contributed by atoms with Crippen molar-refractivity contribution in [3.63, 3.8) is 0 Å². The molecule has 0 bridgehead atoms. The van der Waals surface area contributed by atoms with E-state index in [1.165, 1.54) is 0 Å². The number of carbonyl (C=O) groups excluding carboxylic acids is 2. The van der Waals surface area contributed by atoms with E-state index < -0.39 is 33.7 Å². The second-order valence-corrected chi connectivity index (χ2v) is 8.78. The summed E-state index contributed by atoms with van der Waals surface area (Å²) in [5.41, 5.74) is 4.35. The molecule has 1 rings (SSSR count). The first-order valence-corrected chi connectivity index (χ1v) is 10.8. The standard InChI is InChI=1S/C18H29N3O5S/c1-5-9-15(18(23)20-24)16(12-13(2)3)17(22)19-21(27(4,25)26)14-10-7-6-8-11-14/h6-8,10-11,13,15-16,24H,5,9,12H2,1-4H3,(H,19,22)(H,20,23)/t15-,16+/m0/s1. The summed E-state index contributed by atoms with van der Waals surface area (Å²) in [6.07, 6.45) is 2.38. The molecule has 8 nitrogen and oxygen atoms in total. The summed E-state index contributed by atoms with van der Waals surface area (Å²) in [6.45, 7) is 5.69. The van der Waals surface area contributed by atoms with Crippen LogP contribution in [0.3, 0.4) is 0 Å². The zero-order chi connectivity index (χ0) is 20.6. The van der Waals surface area contributed by atoms with E-state index in [9.17, 15) is 18.0 Å². The fourth-order valence-corrected chi connectivity index (χ4v) is 3.72. The van der Waals surface area contributed by atoms with Crippen LogP contribution in [0.5, 0.6) is 0 Å². The monoisotopic (exact) mass is 399 g/mol. The molecule has 2 atom stereocenters. The van der Waals surface area contributed by atoms with Gasteiger partial charge in [-0.15, -0.1) is 0 Å². The summed E-state index contributed by atoms with van der Waals surface area (Å²) in [4.78, 5) is 25.1. The third-order valence-electron chi connectivity index (χ3n) is 4.13. The second-order valence-electron chi connectivity index (χ2n) is 6.95. The molecule has 0 radical (unpaired) electrons.